The second-order valence-electron chi connectivity index (χ2n) is 3.28. The quantitative estimate of drug-likeness (QED) is 0.770. The molecule has 1 aromatic carbocycles. The molecule has 0 aromatic heterocycles. The average Bonchev–Trinajstić information content (AvgIpc) is 2.70. The van der Waals surface area contributed by atoms with Crippen molar-refractivity contribution in [2.75, 3.05) is 13.7 Å². The number of methoxy groups -OCH3 is 1. The molecule has 2 rings (SSSR count). The molecule has 5 heteroatoms. The predicted octanol–water partition coefficient (Wildman–Crippen LogP) is 1.42. The largest absolute Gasteiger partial charge is 0.497 e. The van der Waals surface area contributed by atoms with Gasteiger partial charge >= 0.3 is 6.03 Å². The van der Waals surface area contributed by atoms with Gasteiger partial charge in [-0.1, -0.05) is 5.43 Å². The Kier molecular flexibility index (Phi) is 2.76. The monoisotopic (exact) mass is 218 g/mol. The van der Waals surface area contributed by atoms with Gasteiger partial charge in [0.15, 0.2) is 5.84 Å². The molecule has 0 N–H and O–H groups in total. The first-order valence-corrected chi connectivity index (χ1v) is 5.01. The van der Waals surface area contributed by atoms with Gasteiger partial charge in [0.05, 0.1) is 7.11 Å². The SMILES string of the molecule is CCN1C(=O)[N]N=C1c1ccc(OC)cc1. The van der Waals surface area contributed by atoms with E-state index in [1.807, 2.05) is 31.2 Å². The number of rotatable bonds is 3. The van der Waals surface area contributed by atoms with E-state index in [0.29, 0.717) is 12.4 Å². The van der Waals surface area contributed by atoms with E-state index in [-0.39, 0.29) is 6.03 Å². The zero-order valence-corrected chi connectivity index (χ0v) is 9.17. The Morgan fingerprint density at radius 2 is 2.00 bits per heavy atom. The van der Waals surface area contributed by atoms with E-state index in [9.17, 15) is 4.79 Å². The van der Waals surface area contributed by atoms with Gasteiger partial charge in [0.1, 0.15) is 5.75 Å². The van der Waals surface area contributed by atoms with Gasteiger partial charge in [-0.3, -0.25) is 4.90 Å². The molecular formula is C11H12N3O2. The van der Waals surface area contributed by atoms with Gasteiger partial charge < -0.3 is 4.74 Å². The maximum absolute atomic E-state index is 11.3. The molecule has 5 nitrogen and oxygen atoms in total. The summed E-state index contributed by atoms with van der Waals surface area (Å²) >= 11 is 0. The number of urea groups is 1. The molecule has 0 aliphatic carbocycles. The Balaban J connectivity index is 2.27. The van der Waals surface area contributed by atoms with Crippen LogP contribution in [0.4, 0.5) is 4.79 Å². The van der Waals surface area contributed by atoms with E-state index in [2.05, 4.69) is 10.5 Å². The maximum atomic E-state index is 11.3. The fourth-order valence-corrected chi connectivity index (χ4v) is 1.53. The molecule has 0 spiro atoms. The zero-order chi connectivity index (χ0) is 11.5. The van der Waals surface area contributed by atoms with Crippen molar-refractivity contribution in [3.8, 4) is 5.75 Å². The third kappa shape index (κ3) is 1.71. The van der Waals surface area contributed by atoms with Gasteiger partial charge in [0.2, 0.25) is 0 Å². The highest BCUT2D eigenvalue weighted by Crippen LogP contribution is 2.15. The van der Waals surface area contributed by atoms with Crippen LogP contribution in [0.2, 0.25) is 0 Å². The molecule has 1 aromatic rings. The molecule has 0 saturated carbocycles. The van der Waals surface area contributed by atoms with Crippen LogP contribution in [0.1, 0.15) is 12.5 Å². The maximum Gasteiger partial charge on any atom is 0.367 e. The van der Waals surface area contributed by atoms with Crippen LogP contribution < -0.4 is 10.2 Å². The van der Waals surface area contributed by atoms with Gasteiger partial charge in [0.25, 0.3) is 0 Å². The van der Waals surface area contributed by atoms with Crippen molar-refractivity contribution in [1.29, 1.82) is 0 Å². The molecule has 2 amide bonds. The molecule has 83 valence electrons. The number of amidine groups is 1. The first-order chi connectivity index (χ1) is 7.76. The number of nitrogens with zero attached hydrogens (tertiary/aromatic N) is 3. The van der Waals surface area contributed by atoms with Crippen LogP contribution in [0.5, 0.6) is 5.75 Å². The zero-order valence-electron chi connectivity index (χ0n) is 9.17. The molecule has 0 bridgehead atoms. The second-order valence-corrected chi connectivity index (χ2v) is 3.28. The first-order valence-electron chi connectivity index (χ1n) is 5.01. The number of benzene rings is 1. The number of hydrogen-bond donors (Lipinski definition) is 0. The van der Waals surface area contributed by atoms with Gasteiger partial charge in [0, 0.05) is 12.1 Å². The van der Waals surface area contributed by atoms with Gasteiger partial charge in [-0.25, -0.2) is 4.79 Å². The summed E-state index contributed by atoms with van der Waals surface area (Å²) in [6.45, 7) is 2.45. The third-order valence-electron chi connectivity index (χ3n) is 2.38. The Morgan fingerprint density at radius 1 is 1.31 bits per heavy atom. The predicted molar refractivity (Wildman–Crippen MR) is 59.4 cm³/mol. The van der Waals surface area contributed by atoms with Crippen LogP contribution in [0.15, 0.2) is 29.4 Å². The van der Waals surface area contributed by atoms with Crippen molar-refractivity contribution >= 4 is 11.9 Å². The molecule has 1 aliphatic rings. The Labute approximate surface area is 93.7 Å². The van der Waals surface area contributed by atoms with Crippen molar-refractivity contribution in [3.63, 3.8) is 0 Å². The van der Waals surface area contributed by atoms with Crippen LogP contribution in [0, 0.1) is 0 Å². The average molecular weight is 218 g/mol. The van der Waals surface area contributed by atoms with Gasteiger partial charge in [-0.2, -0.15) is 0 Å². The number of carbonyl (C=O) groups excluding carboxylic acids is 1. The molecule has 0 atom stereocenters. The molecule has 0 fully saturated rings. The summed E-state index contributed by atoms with van der Waals surface area (Å²) in [7, 11) is 1.61. The fraction of sp³-hybridized carbons (Fsp3) is 0.273. The van der Waals surface area contributed by atoms with Crippen LogP contribution >= 0.6 is 0 Å². The van der Waals surface area contributed by atoms with E-state index >= 15 is 0 Å². The van der Waals surface area contributed by atoms with Gasteiger partial charge in [-0.05, 0) is 31.2 Å². The molecule has 1 heterocycles. The highest BCUT2D eigenvalue weighted by molar-refractivity contribution is 6.10. The van der Waals surface area contributed by atoms with E-state index in [1.54, 1.807) is 7.11 Å². The molecule has 16 heavy (non-hydrogen) atoms. The molecule has 1 aliphatic heterocycles. The summed E-state index contributed by atoms with van der Waals surface area (Å²) < 4.78 is 5.06. The number of carbonyl (C=O) groups is 1. The normalized spacial score (nSPS) is 14.8. The van der Waals surface area contributed by atoms with E-state index in [4.69, 9.17) is 4.74 Å². The standard InChI is InChI=1S/C11H12N3O2/c1-3-14-10(12-13-11(14)15)8-4-6-9(16-2)7-5-8/h4-7H,3H2,1-2H3. The number of hydrogen-bond acceptors (Lipinski definition) is 3. The lowest BCUT2D eigenvalue weighted by Gasteiger charge is -2.13. The third-order valence-corrected chi connectivity index (χ3v) is 2.38. The summed E-state index contributed by atoms with van der Waals surface area (Å²) in [5, 5.41) is 3.87. The highest BCUT2D eigenvalue weighted by atomic mass is 16.5. The minimum absolute atomic E-state index is 0.312. The first kappa shape index (κ1) is 10.5. The van der Waals surface area contributed by atoms with Crippen LogP contribution in [0.3, 0.4) is 0 Å². The molecule has 0 saturated heterocycles. The summed E-state index contributed by atoms with van der Waals surface area (Å²) in [6.07, 6.45) is 0. The number of ether oxygens (including phenoxy) is 1. The van der Waals surface area contributed by atoms with Crippen molar-refractivity contribution < 1.29 is 9.53 Å². The number of amides is 2. The highest BCUT2D eigenvalue weighted by Gasteiger charge is 2.26. The lowest BCUT2D eigenvalue weighted by molar-refractivity contribution is 0.227. The van der Waals surface area contributed by atoms with E-state index in [0.717, 1.165) is 11.3 Å². The minimum Gasteiger partial charge on any atom is -0.497 e. The smallest absolute Gasteiger partial charge is 0.367 e. The minimum atomic E-state index is -0.312. The van der Waals surface area contributed by atoms with Crippen molar-refractivity contribution in [2.24, 2.45) is 5.10 Å². The summed E-state index contributed by atoms with van der Waals surface area (Å²) in [6, 6.07) is 7.06. The Bertz CT molecular complexity index is 425. The summed E-state index contributed by atoms with van der Waals surface area (Å²) in [5.41, 5.74) is 4.39. The fourth-order valence-electron chi connectivity index (χ4n) is 1.53. The Hall–Kier alpha value is -2.04. The lowest BCUT2D eigenvalue weighted by Crippen LogP contribution is -2.32. The Morgan fingerprint density at radius 3 is 2.56 bits per heavy atom. The second kappa shape index (κ2) is 4.22. The molecular weight excluding hydrogens is 206 g/mol. The lowest BCUT2D eigenvalue weighted by atomic mass is 10.2. The van der Waals surface area contributed by atoms with Crippen molar-refractivity contribution in [3.05, 3.63) is 29.8 Å². The van der Waals surface area contributed by atoms with Crippen molar-refractivity contribution in [1.82, 2.24) is 10.3 Å². The van der Waals surface area contributed by atoms with Crippen LogP contribution in [0.25, 0.3) is 0 Å². The molecule has 1 radical (unpaired) electrons. The molecule has 0 unspecified atom stereocenters. The van der Waals surface area contributed by atoms with Crippen LogP contribution in [-0.2, 0) is 0 Å². The van der Waals surface area contributed by atoms with E-state index in [1.165, 1.54) is 4.90 Å². The summed E-state index contributed by atoms with van der Waals surface area (Å²) in [4.78, 5) is 12.9. The summed E-state index contributed by atoms with van der Waals surface area (Å²) in [5.74, 6) is 1.36. The topological polar surface area (TPSA) is 56.0 Å². The van der Waals surface area contributed by atoms with E-state index < -0.39 is 0 Å². The van der Waals surface area contributed by atoms with Crippen LogP contribution in [-0.4, -0.2) is 30.4 Å². The van der Waals surface area contributed by atoms with Gasteiger partial charge in [-0.15, -0.1) is 5.10 Å². The van der Waals surface area contributed by atoms with Crippen molar-refractivity contribution in [2.45, 2.75) is 6.92 Å².